The molecule has 2 aliphatic rings. The molecule has 4 heterocycles. The number of anilines is 1. The Balaban J connectivity index is 1.11. The molecule has 0 amide bonds. The molecule has 1 saturated heterocycles. The average molecular weight is 566 g/mol. The molecule has 0 spiro atoms. The lowest BCUT2D eigenvalue weighted by Crippen LogP contribution is -2.32. The standard InChI is InChI=1S/C33H29F2N5O2/c1-37(42-33(41)23-5-3-2-4-6-23)17-26-20-38(21-29(26)35)28-11-12-30-25(15-28)19-39-18-24(22-7-9-27(34)10-8-22)16-31(39)32-36-13-14-40(30)32/h2-16,18,26,29H,17,19-21H2,1H3. The number of hydrogen-bond donors (Lipinski definition) is 0. The van der Waals surface area contributed by atoms with Crippen molar-refractivity contribution in [2.45, 2.75) is 12.7 Å². The van der Waals surface area contributed by atoms with Crippen LogP contribution in [0.4, 0.5) is 14.5 Å². The van der Waals surface area contributed by atoms with Crippen molar-refractivity contribution in [3.8, 4) is 28.3 Å². The fourth-order valence-corrected chi connectivity index (χ4v) is 5.98. The Morgan fingerprint density at radius 2 is 1.83 bits per heavy atom. The van der Waals surface area contributed by atoms with E-state index < -0.39 is 12.1 Å². The van der Waals surface area contributed by atoms with E-state index in [0.717, 1.165) is 39.6 Å². The van der Waals surface area contributed by atoms with Gasteiger partial charge in [-0.1, -0.05) is 30.3 Å². The first-order chi connectivity index (χ1) is 20.4. The fraction of sp³-hybridized carbons (Fsp3) is 0.212. The molecule has 42 heavy (non-hydrogen) atoms. The van der Waals surface area contributed by atoms with Gasteiger partial charge >= 0.3 is 5.97 Å². The zero-order chi connectivity index (χ0) is 28.8. The van der Waals surface area contributed by atoms with Gasteiger partial charge in [0.05, 0.1) is 16.9 Å². The highest BCUT2D eigenvalue weighted by Crippen LogP contribution is 2.36. The van der Waals surface area contributed by atoms with Crippen LogP contribution in [0.5, 0.6) is 0 Å². The minimum atomic E-state index is -1.06. The summed E-state index contributed by atoms with van der Waals surface area (Å²) in [5, 5.41) is 1.43. The van der Waals surface area contributed by atoms with Crippen molar-refractivity contribution < 1.29 is 18.4 Å². The molecule has 212 valence electrons. The second kappa shape index (κ2) is 10.6. The van der Waals surface area contributed by atoms with Crippen molar-refractivity contribution >= 4 is 11.7 Å². The number of hydroxylamine groups is 2. The normalized spacial score (nSPS) is 17.5. The number of alkyl halides is 1. The van der Waals surface area contributed by atoms with Crippen LogP contribution in [-0.2, 0) is 11.4 Å². The molecule has 0 saturated carbocycles. The number of aromatic nitrogens is 3. The first-order valence-corrected chi connectivity index (χ1v) is 13.9. The molecule has 0 radical (unpaired) electrons. The lowest BCUT2D eigenvalue weighted by atomic mass is 10.1. The van der Waals surface area contributed by atoms with Gasteiger partial charge in [0.15, 0.2) is 5.82 Å². The monoisotopic (exact) mass is 565 g/mol. The lowest BCUT2D eigenvalue weighted by Gasteiger charge is -2.22. The first kappa shape index (κ1) is 26.2. The zero-order valence-corrected chi connectivity index (χ0v) is 23.0. The lowest BCUT2D eigenvalue weighted by molar-refractivity contribution is -0.100. The number of hydrogen-bond acceptors (Lipinski definition) is 5. The van der Waals surface area contributed by atoms with Crippen molar-refractivity contribution in [3.05, 3.63) is 114 Å². The van der Waals surface area contributed by atoms with E-state index in [2.05, 4.69) is 43.4 Å². The molecule has 5 aromatic rings. The van der Waals surface area contributed by atoms with Gasteiger partial charge in [-0.2, -0.15) is 0 Å². The molecule has 2 atom stereocenters. The Hall–Kier alpha value is -4.76. The van der Waals surface area contributed by atoms with Gasteiger partial charge in [0, 0.05) is 69.0 Å². The van der Waals surface area contributed by atoms with Crippen LogP contribution < -0.4 is 4.90 Å². The molecular weight excluding hydrogens is 536 g/mol. The number of carbonyl (C=O) groups excluding carboxylic acids is 1. The minimum absolute atomic E-state index is 0.268. The summed E-state index contributed by atoms with van der Waals surface area (Å²) >= 11 is 0. The Kier molecular flexibility index (Phi) is 6.59. The van der Waals surface area contributed by atoms with Crippen LogP contribution in [0.1, 0.15) is 15.9 Å². The van der Waals surface area contributed by atoms with Crippen LogP contribution >= 0.6 is 0 Å². The van der Waals surface area contributed by atoms with Crippen LogP contribution in [-0.4, -0.2) is 58.0 Å². The van der Waals surface area contributed by atoms with Crippen molar-refractivity contribution in [1.82, 2.24) is 19.2 Å². The quantitative estimate of drug-likeness (QED) is 0.233. The number of fused-ring (bicyclic) bond motifs is 5. The van der Waals surface area contributed by atoms with Gasteiger partial charge in [0.25, 0.3) is 0 Å². The van der Waals surface area contributed by atoms with Crippen LogP contribution in [0.3, 0.4) is 0 Å². The number of imidazole rings is 1. The molecular formula is C33H29F2N5O2. The largest absolute Gasteiger partial charge is 0.368 e. The number of nitrogens with zero attached hydrogens (tertiary/aromatic N) is 5. The molecule has 3 aromatic carbocycles. The number of carbonyl (C=O) groups is 1. The Bertz CT molecular complexity index is 1750. The van der Waals surface area contributed by atoms with Gasteiger partial charge in [-0.15, -0.1) is 5.06 Å². The fourth-order valence-electron chi connectivity index (χ4n) is 5.98. The van der Waals surface area contributed by atoms with Gasteiger partial charge in [-0.25, -0.2) is 18.6 Å². The minimum Gasteiger partial charge on any atom is -0.368 e. The summed E-state index contributed by atoms with van der Waals surface area (Å²) in [7, 11) is 1.66. The Morgan fingerprint density at radius 1 is 1.02 bits per heavy atom. The molecule has 1 fully saturated rings. The van der Waals surface area contributed by atoms with Crippen LogP contribution in [0.15, 0.2) is 97.5 Å². The second-order valence-electron chi connectivity index (χ2n) is 10.9. The van der Waals surface area contributed by atoms with E-state index >= 15 is 4.39 Å². The van der Waals surface area contributed by atoms with Gasteiger partial charge in [0.1, 0.15) is 12.0 Å². The van der Waals surface area contributed by atoms with Crippen LogP contribution in [0, 0.1) is 11.7 Å². The molecule has 7 nitrogen and oxygen atoms in total. The molecule has 0 aliphatic carbocycles. The molecule has 2 unspecified atom stereocenters. The summed E-state index contributed by atoms with van der Waals surface area (Å²) < 4.78 is 33.0. The highest BCUT2D eigenvalue weighted by atomic mass is 19.1. The maximum Gasteiger partial charge on any atom is 0.357 e. The molecule has 9 heteroatoms. The summed E-state index contributed by atoms with van der Waals surface area (Å²) in [6.45, 7) is 1.67. The van der Waals surface area contributed by atoms with E-state index in [1.54, 1.807) is 49.6 Å². The second-order valence-corrected chi connectivity index (χ2v) is 10.9. The van der Waals surface area contributed by atoms with Crippen molar-refractivity contribution in [1.29, 1.82) is 0 Å². The summed E-state index contributed by atoms with van der Waals surface area (Å²) in [5.41, 5.74) is 6.39. The van der Waals surface area contributed by atoms with E-state index in [4.69, 9.17) is 4.84 Å². The van der Waals surface area contributed by atoms with E-state index in [-0.39, 0.29) is 18.3 Å². The van der Waals surface area contributed by atoms with E-state index in [1.807, 2.05) is 18.3 Å². The van der Waals surface area contributed by atoms with Crippen molar-refractivity contribution in [2.75, 3.05) is 31.6 Å². The number of rotatable bonds is 6. The van der Waals surface area contributed by atoms with E-state index in [1.165, 1.54) is 17.2 Å². The highest BCUT2D eigenvalue weighted by Gasteiger charge is 2.35. The highest BCUT2D eigenvalue weighted by molar-refractivity contribution is 5.89. The third-order valence-corrected chi connectivity index (χ3v) is 8.07. The topological polar surface area (TPSA) is 55.5 Å². The summed E-state index contributed by atoms with van der Waals surface area (Å²) in [5.74, 6) is -0.212. The maximum absolute atomic E-state index is 15.2. The maximum atomic E-state index is 15.2. The van der Waals surface area contributed by atoms with Gasteiger partial charge in [-0.3, -0.25) is 4.57 Å². The predicted molar refractivity (Wildman–Crippen MR) is 157 cm³/mol. The van der Waals surface area contributed by atoms with Gasteiger partial charge in [-0.05, 0) is 59.7 Å². The third kappa shape index (κ3) is 4.86. The Morgan fingerprint density at radius 3 is 2.64 bits per heavy atom. The molecule has 7 rings (SSSR count). The van der Waals surface area contributed by atoms with E-state index in [9.17, 15) is 9.18 Å². The summed E-state index contributed by atoms with van der Waals surface area (Å²) in [6, 6.07) is 23.6. The predicted octanol–water partition coefficient (Wildman–Crippen LogP) is 5.99. The first-order valence-electron chi connectivity index (χ1n) is 13.9. The van der Waals surface area contributed by atoms with Gasteiger partial charge in [0.2, 0.25) is 0 Å². The van der Waals surface area contributed by atoms with Gasteiger partial charge < -0.3 is 14.3 Å². The third-order valence-electron chi connectivity index (χ3n) is 8.07. The number of halogens is 2. The van der Waals surface area contributed by atoms with Crippen LogP contribution in [0.2, 0.25) is 0 Å². The smallest absolute Gasteiger partial charge is 0.357 e. The van der Waals surface area contributed by atoms with E-state index in [0.29, 0.717) is 25.2 Å². The van der Waals surface area contributed by atoms with Crippen molar-refractivity contribution in [3.63, 3.8) is 0 Å². The summed E-state index contributed by atoms with van der Waals surface area (Å²) in [4.78, 5) is 24.6. The average Bonchev–Trinajstić information content (AvgIpc) is 3.71. The zero-order valence-electron chi connectivity index (χ0n) is 23.0. The van der Waals surface area contributed by atoms with Crippen molar-refractivity contribution in [2.24, 2.45) is 5.92 Å². The Labute approximate surface area is 242 Å². The number of benzene rings is 3. The molecule has 0 bridgehead atoms. The SMILES string of the molecule is CN(CC1CN(c2ccc3c(c2)Cn2cc(-c4ccc(F)cc4)cc2-c2nccn2-3)CC1F)OC(=O)c1ccccc1. The molecule has 0 N–H and O–H groups in total. The molecule has 2 aromatic heterocycles. The molecule has 2 aliphatic heterocycles. The summed E-state index contributed by atoms with van der Waals surface area (Å²) in [6.07, 6.45) is 4.74. The van der Waals surface area contributed by atoms with Crippen LogP contribution in [0.25, 0.3) is 28.3 Å².